The molecule has 0 radical (unpaired) electrons. The Balaban J connectivity index is 1.86. The molecule has 2 nitrogen and oxygen atoms in total. The molecule has 104 valence electrons. The maximum atomic E-state index is 6.58. The van der Waals surface area contributed by atoms with Crippen molar-refractivity contribution in [2.24, 2.45) is 23.5 Å². The normalized spacial score (nSPS) is 30.6. The van der Waals surface area contributed by atoms with E-state index >= 15 is 0 Å². The molecule has 2 saturated carbocycles. The van der Waals surface area contributed by atoms with Gasteiger partial charge in [-0.05, 0) is 67.6 Å². The summed E-state index contributed by atoms with van der Waals surface area (Å²) in [5, 5.41) is 0. The molecule has 2 fully saturated rings. The lowest BCUT2D eigenvalue weighted by Gasteiger charge is -2.28. The van der Waals surface area contributed by atoms with Crippen LogP contribution in [0.15, 0.2) is 12.1 Å². The van der Waals surface area contributed by atoms with E-state index in [0.717, 1.165) is 17.6 Å². The second-order valence-electron chi connectivity index (χ2n) is 6.55. The lowest BCUT2D eigenvalue weighted by Crippen LogP contribution is -2.26. The van der Waals surface area contributed by atoms with E-state index in [9.17, 15) is 0 Å². The molecular weight excluding hydrogens is 234 g/mol. The van der Waals surface area contributed by atoms with Crippen molar-refractivity contribution in [3.63, 3.8) is 0 Å². The average molecular weight is 259 g/mol. The summed E-state index contributed by atoms with van der Waals surface area (Å²) in [6.45, 7) is 4.23. The fraction of sp³-hybridized carbons (Fsp3) is 0.647. The van der Waals surface area contributed by atoms with Crippen molar-refractivity contribution >= 4 is 0 Å². The number of nitrogens with two attached hydrogens (primary N) is 1. The van der Waals surface area contributed by atoms with Crippen LogP contribution in [-0.4, -0.2) is 7.11 Å². The molecule has 19 heavy (non-hydrogen) atoms. The molecule has 0 aliphatic heterocycles. The van der Waals surface area contributed by atoms with Gasteiger partial charge in [0.15, 0.2) is 0 Å². The van der Waals surface area contributed by atoms with Crippen molar-refractivity contribution in [2.45, 2.75) is 45.6 Å². The number of ether oxygens (including phenoxy) is 1. The molecule has 0 saturated heterocycles. The molecule has 3 rings (SSSR count). The molecule has 2 aliphatic rings. The third-order valence-corrected chi connectivity index (χ3v) is 5.33. The molecule has 1 aromatic rings. The summed E-state index contributed by atoms with van der Waals surface area (Å²) < 4.78 is 5.44. The first-order chi connectivity index (χ1) is 9.10. The van der Waals surface area contributed by atoms with E-state index in [4.69, 9.17) is 10.5 Å². The van der Waals surface area contributed by atoms with Gasteiger partial charge in [-0.2, -0.15) is 0 Å². The monoisotopic (exact) mass is 259 g/mol. The van der Waals surface area contributed by atoms with Gasteiger partial charge in [0.05, 0.1) is 7.11 Å². The van der Waals surface area contributed by atoms with E-state index in [1.54, 1.807) is 7.11 Å². The van der Waals surface area contributed by atoms with E-state index in [1.807, 2.05) is 0 Å². The molecule has 4 atom stereocenters. The van der Waals surface area contributed by atoms with Gasteiger partial charge in [0.2, 0.25) is 0 Å². The molecule has 2 bridgehead atoms. The summed E-state index contributed by atoms with van der Waals surface area (Å²) >= 11 is 0. The first-order valence-electron chi connectivity index (χ1n) is 7.51. The topological polar surface area (TPSA) is 35.2 Å². The van der Waals surface area contributed by atoms with Gasteiger partial charge in [-0.3, -0.25) is 0 Å². The zero-order chi connectivity index (χ0) is 13.6. The molecule has 2 aliphatic carbocycles. The summed E-state index contributed by atoms with van der Waals surface area (Å²) in [6, 6.07) is 4.66. The van der Waals surface area contributed by atoms with Crippen LogP contribution >= 0.6 is 0 Å². The zero-order valence-electron chi connectivity index (χ0n) is 12.3. The zero-order valence-corrected chi connectivity index (χ0v) is 12.3. The van der Waals surface area contributed by atoms with Gasteiger partial charge in [0.25, 0.3) is 0 Å². The third kappa shape index (κ3) is 2.16. The number of hydrogen-bond acceptors (Lipinski definition) is 2. The minimum absolute atomic E-state index is 0.207. The van der Waals surface area contributed by atoms with Crippen LogP contribution < -0.4 is 10.5 Å². The molecule has 2 N–H and O–H groups in total. The molecule has 0 aromatic heterocycles. The summed E-state index contributed by atoms with van der Waals surface area (Å²) in [7, 11) is 1.74. The standard InChI is InChI=1S/C17H25NO/c1-10-6-14(7-11(2)17(10)19-3)16(18)15-9-12-4-5-13(15)8-12/h6-7,12-13,15-16H,4-5,8-9,18H2,1-3H3. The van der Waals surface area contributed by atoms with Crippen molar-refractivity contribution < 1.29 is 4.74 Å². The van der Waals surface area contributed by atoms with Crippen molar-refractivity contribution in [3.8, 4) is 5.75 Å². The number of rotatable bonds is 3. The number of fused-ring (bicyclic) bond motifs is 2. The van der Waals surface area contributed by atoms with E-state index in [-0.39, 0.29) is 6.04 Å². The Morgan fingerprint density at radius 1 is 1.16 bits per heavy atom. The smallest absolute Gasteiger partial charge is 0.124 e. The molecule has 4 unspecified atom stereocenters. The van der Waals surface area contributed by atoms with Crippen molar-refractivity contribution in [1.29, 1.82) is 0 Å². The Hall–Kier alpha value is -1.02. The van der Waals surface area contributed by atoms with E-state index in [1.165, 1.54) is 42.4 Å². The van der Waals surface area contributed by atoms with E-state index in [0.29, 0.717) is 5.92 Å². The van der Waals surface area contributed by atoms with Crippen LogP contribution in [0, 0.1) is 31.6 Å². The quantitative estimate of drug-likeness (QED) is 0.897. The van der Waals surface area contributed by atoms with Gasteiger partial charge in [-0.1, -0.05) is 18.6 Å². The first-order valence-corrected chi connectivity index (χ1v) is 7.51. The van der Waals surface area contributed by atoms with Gasteiger partial charge < -0.3 is 10.5 Å². The molecule has 0 heterocycles. The van der Waals surface area contributed by atoms with Crippen LogP contribution in [0.4, 0.5) is 0 Å². The Kier molecular flexibility index (Phi) is 3.30. The predicted octanol–water partition coefficient (Wildman–Crippen LogP) is 3.75. The summed E-state index contributed by atoms with van der Waals surface area (Å²) in [5.74, 6) is 3.54. The number of methoxy groups -OCH3 is 1. The first kappa shape index (κ1) is 13.0. The molecular formula is C17H25NO. The second kappa shape index (κ2) is 4.82. The Bertz CT molecular complexity index is 459. The highest BCUT2D eigenvalue weighted by Gasteiger charge is 2.42. The fourth-order valence-corrected chi connectivity index (χ4v) is 4.48. The predicted molar refractivity (Wildman–Crippen MR) is 78.3 cm³/mol. The van der Waals surface area contributed by atoms with Crippen LogP contribution in [0.2, 0.25) is 0 Å². The molecule has 1 aromatic carbocycles. The number of aryl methyl sites for hydroxylation is 2. The van der Waals surface area contributed by atoms with E-state index < -0.39 is 0 Å². The second-order valence-corrected chi connectivity index (χ2v) is 6.55. The lowest BCUT2D eigenvalue weighted by molar-refractivity contribution is 0.284. The SMILES string of the molecule is COc1c(C)cc(C(N)C2CC3CCC2C3)cc1C. The fourth-order valence-electron chi connectivity index (χ4n) is 4.48. The van der Waals surface area contributed by atoms with Crippen LogP contribution in [0.1, 0.15) is 48.4 Å². The van der Waals surface area contributed by atoms with Gasteiger partial charge in [-0.15, -0.1) is 0 Å². The Morgan fingerprint density at radius 2 is 1.84 bits per heavy atom. The van der Waals surface area contributed by atoms with Gasteiger partial charge in [0.1, 0.15) is 5.75 Å². The summed E-state index contributed by atoms with van der Waals surface area (Å²) in [6.07, 6.45) is 5.61. The average Bonchev–Trinajstić information content (AvgIpc) is 2.99. The highest BCUT2D eigenvalue weighted by atomic mass is 16.5. The van der Waals surface area contributed by atoms with Gasteiger partial charge >= 0.3 is 0 Å². The Labute approximate surface area is 116 Å². The minimum Gasteiger partial charge on any atom is -0.496 e. The van der Waals surface area contributed by atoms with Crippen LogP contribution in [-0.2, 0) is 0 Å². The number of benzene rings is 1. The minimum atomic E-state index is 0.207. The van der Waals surface area contributed by atoms with Crippen molar-refractivity contribution in [3.05, 3.63) is 28.8 Å². The Morgan fingerprint density at radius 3 is 2.32 bits per heavy atom. The number of hydrogen-bond donors (Lipinski definition) is 1. The van der Waals surface area contributed by atoms with Crippen LogP contribution in [0.25, 0.3) is 0 Å². The van der Waals surface area contributed by atoms with Crippen molar-refractivity contribution in [1.82, 2.24) is 0 Å². The largest absolute Gasteiger partial charge is 0.496 e. The van der Waals surface area contributed by atoms with Crippen LogP contribution in [0.3, 0.4) is 0 Å². The van der Waals surface area contributed by atoms with Crippen molar-refractivity contribution in [2.75, 3.05) is 7.11 Å². The molecule has 0 spiro atoms. The summed E-state index contributed by atoms with van der Waals surface area (Å²) in [5.41, 5.74) is 10.3. The third-order valence-electron chi connectivity index (χ3n) is 5.33. The van der Waals surface area contributed by atoms with Gasteiger partial charge in [0, 0.05) is 6.04 Å². The highest BCUT2D eigenvalue weighted by molar-refractivity contribution is 5.44. The summed E-state index contributed by atoms with van der Waals surface area (Å²) in [4.78, 5) is 0. The lowest BCUT2D eigenvalue weighted by atomic mass is 9.80. The van der Waals surface area contributed by atoms with Crippen LogP contribution in [0.5, 0.6) is 5.75 Å². The molecule has 0 amide bonds. The maximum Gasteiger partial charge on any atom is 0.124 e. The maximum absolute atomic E-state index is 6.58. The van der Waals surface area contributed by atoms with Gasteiger partial charge in [-0.25, -0.2) is 0 Å². The highest BCUT2D eigenvalue weighted by Crippen LogP contribution is 2.52. The van der Waals surface area contributed by atoms with E-state index in [2.05, 4.69) is 26.0 Å². The molecule has 2 heteroatoms.